The first-order valence-corrected chi connectivity index (χ1v) is 7.33. The van der Waals surface area contributed by atoms with E-state index in [9.17, 15) is 0 Å². The van der Waals surface area contributed by atoms with Gasteiger partial charge in [-0.25, -0.2) is 0 Å². The van der Waals surface area contributed by atoms with E-state index in [1.807, 2.05) is 11.8 Å². The molecule has 3 heteroatoms. The summed E-state index contributed by atoms with van der Waals surface area (Å²) in [6.07, 6.45) is 2.22. The summed E-state index contributed by atoms with van der Waals surface area (Å²) in [4.78, 5) is 0. The van der Waals surface area contributed by atoms with Gasteiger partial charge in [0.05, 0.1) is 0 Å². The Labute approximate surface area is 109 Å². The average Bonchev–Trinajstić information content (AvgIpc) is 2.34. The van der Waals surface area contributed by atoms with Gasteiger partial charge in [-0.05, 0) is 25.3 Å². The van der Waals surface area contributed by atoms with E-state index in [2.05, 4.69) is 50.5 Å². The third-order valence-corrected chi connectivity index (χ3v) is 4.45. The second kappa shape index (κ2) is 7.75. The maximum atomic E-state index is 5.62. The normalized spacial score (nSPS) is 14.6. The molecule has 1 rings (SSSR count). The summed E-state index contributed by atoms with van der Waals surface area (Å²) in [6.45, 7) is 6.62. The minimum atomic E-state index is 0.357. The fourth-order valence-electron chi connectivity index (χ4n) is 1.69. The Hall–Kier alpha value is -0.510. The third-order valence-electron chi connectivity index (χ3n) is 2.96. The molecule has 1 aromatic rings. The fourth-order valence-corrected chi connectivity index (χ4v) is 2.70. The van der Waals surface area contributed by atoms with Gasteiger partial charge in [-0.1, -0.05) is 43.7 Å². The van der Waals surface area contributed by atoms with Crippen LogP contribution < -0.4 is 11.3 Å². The molecule has 0 radical (unpaired) electrons. The van der Waals surface area contributed by atoms with E-state index in [0.717, 1.165) is 12.2 Å². The first-order valence-electron chi connectivity index (χ1n) is 6.29. The fraction of sp³-hybridized carbons (Fsp3) is 0.571. The molecule has 0 saturated heterocycles. The van der Waals surface area contributed by atoms with Crippen molar-refractivity contribution in [2.75, 3.05) is 5.75 Å². The SMILES string of the molecule is CCC(C)SCC(Cc1cccc(C)c1)NN. The number of hydrogen-bond donors (Lipinski definition) is 2. The minimum absolute atomic E-state index is 0.357. The van der Waals surface area contributed by atoms with Crippen molar-refractivity contribution in [3.63, 3.8) is 0 Å². The molecule has 0 bridgehead atoms. The summed E-state index contributed by atoms with van der Waals surface area (Å²) in [5.41, 5.74) is 5.60. The van der Waals surface area contributed by atoms with Crippen LogP contribution in [0.5, 0.6) is 0 Å². The molecule has 17 heavy (non-hydrogen) atoms. The summed E-state index contributed by atoms with van der Waals surface area (Å²) >= 11 is 1.99. The first-order chi connectivity index (χ1) is 8.15. The molecule has 0 heterocycles. The van der Waals surface area contributed by atoms with Crippen molar-refractivity contribution in [2.45, 2.75) is 44.9 Å². The van der Waals surface area contributed by atoms with Crippen molar-refractivity contribution < 1.29 is 0 Å². The van der Waals surface area contributed by atoms with Crippen LogP contribution in [0.1, 0.15) is 31.4 Å². The molecule has 1 aromatic carbocycles. The number of aryl methyl sites for hydroxylation is 1. The van der Waals surface area contributed by atoms with Gasteiger partial charge in [0.15, 0.2) is 0 Å². The molecule has 0 aliphatic carbocycles. The molecule has 0 aliphatic rings. The maximum Gasteiger partial charge on any atom is 0.0341 e. The highest BCUT2D eigenvalue weighted by molar-refractivity contribution is 7.99. The van der Waals surface area contributed by atoms with Gasteiger partial charge in [-0.15, -0.1) is 0 Å². The second-order valence-electron chi connectivity index (χ2n) is 4.61. The molecule has 0 saturated carbocycles. The van der Waals surface area contributed by atoms with Gasteiger partial charge in [0.1, 0.15) is 0 Å². The highest BCUT2D eigenvalue weighted by Crippen LogP contribution is 2.16. The molecule has 2 atom stereocenters. The molecular weight excluding hydrogens is 228 g/mol. The molecule has 0 fully saturated rings. The lowest BCUT2D eigenvalue weighted by Gasteiger charge is -2.18. The molecular formula is C14H24N2S. The lowest BCUT2D eigenvalue weighted by Crippen LogP contribution is -2.39. The number of hydrogen-bond acceptors (Lipinski definition) is 3. The molecule has 96 valence electrons. The van der Waals surface area contributed by atoms with Gasteiger partial charge in [0.2, 0.25) is 0 Å². The highest BCUT2D eigenvalue weighted by atomic mass is 32.2. The zero-order valence-corrected chi connectivity index (χ0v) is 11.9. The Bertz CT molecular complexity index is 328. The van der Waals surface area contributed by atoms with Crippen molar-refractivity contribution in [1.82, 2.24) is 5.43 Å². The predicted octanol–water partition coefficient (Wildman–Crippen LogP) is 2.90. The molecule has 2 unspecified atom stereocenters. The van der Waals surface area contributed by atoms with Crippen LogP contribution >= 0.6 is 11.8 Å². The van der Waals surface area contributed by atoms with Gasteiger partial charge >= 0.3 is 0 Å². The molecule has 3 N–H and O–H groups in total. The monoisotopic (exact) mass is 252 g/mol. The van der Waals surface area contributed by atoms with Crippen molar-refractivity contribution >= 4 is 11.8 Å². The van der Waals surface area contributed by atoms with E-state index in [0.29, 0.717) is 11.3 Å². The van der Waals surface area contributed by atoms with Crippen LogP contribution in [0.15, 0.2) is 24.3 Å². The van der Waals surface area contributed by atoms with Crippen molar-refractivity contribution in [2.24, 2.45) is 5.84 Å². The number of hydrazine groups is 1. The molecule has 0 aromatic heterocycles. The number of rotatable bonds is 7. The van der Waals surface area contributed by atoms with E-state index in [1.165, 1.54) is 17.5 Å². The third kappa shape index (κ3) is 5.57. The largest absolute Gasteiger partial charge is 0.271 e. The van der Waals surface area contributed by atoms with Crippen LogP contribution in [0.2, 0.25) is 0 Å². The van der Waals surface area contributed by atoms with E-state index in [1.54, 1.807) is 0 Å². The van der Waals surface area contributed by atoms with Gasteiger partial charge in [0.25, 0.3) is 0 Å². The Morgan fingerprint density at radius 3 is 2.76 bits per heavy atom. The van der Waals surface area contributed by atoms with E-state index >= 15 is 0 Å². The lowest BCUT2D eigenvalue weighted by atomic mass is 10.1. The van der Waals surface area contributed by atoms with Crippen LogP contribution in [0.4, 0.5) is 0 Å². The van der Waals surface area contributed by atoms with Crippen LogP contribution in [-0.4, -0.2) is 17.0 Å². The van der Waals surface area contributed by atoms with Crippen molar-refractivity contribution in [3.8, 4) is 0 Å². The Kier molecular flexibility index (Phi) is 6.63. The number of thioether (sulfide) groups is 1. The predicted molar refractivity (Wildman–Crippen MR) is 78.2 cm³/mol. The van der Waals surface area contributed by atoms with Crippen LogP contribution in [-0.2, 0) is 6.42 Å². The standard InChI is InChI=1S/C14H24N2S/c1-4-12(3)17-10-14(16-15)9-13-7-5-6-11(2)8-13/h5-8,12,14,16H,4,9-10,15H2,1-3H3. The summed E-state index contributed by atoms with van der Waals surface area (Å²) in [5.74, 6) is 6.69. The smallest absolute Gasteiger partial charge is 0.0341 e. The summed E-state index contributed by atoms with van der Waals surface area (Å²) in [5, 5.41) is 0.711. The lowest BCUT2D eigenvalue weighted by molar-refractivity contribution is 0.574. The maximum absolute atomic E-state index is 5.62. The zero-order chi connectivity index (χ0) is 12.7. The van der Waals surface area contributed by atoms with Crippen LogP contribution in [0.3, 0.4) is 0 Å². The van der Waals surface area contributed by atoms with Gasteiger partial charge in [-0.3, -0.25) is 11.3 Å². The van der Waals surface area contributed by atoms with Crippen LogP contribution in [0.25, 0.3) is 0 Å². The Morgan fingerprint density at radius 1 is 1.41 bits per heavy atom. The van der Waals surface area contributed by atoms with E-state index in [4.69, 9.17) is 5.84 Å². The van der Waals surface area contributed by atoms with Gasteiger partial charge in [0, 0.05) is 17.0 Å². The number of nitrogens with two attached hydrogens (primary N) is 1. The summed E-state index contributed by atoms with van der Waals surface area (Å²) < 4.78 is 0. The van der Waals surface area contributed by atoms with Gasteiger partial charge in [-0.2, -0.15) is 11.8 Å². The van der Waals surface area contributed by atoms with E-state index in [-0.39, 0.29) is 0 Å². The topological polar surface area (TPSA) is 38.0 Å². The molecule has 0 amide bonds. The minimum Gasteiger partial charge on any atom is -0.271 e. The van der Waals surface area contributed by atoms with Crippen molar-refractivity contribution in [1.29, 1.82) is 0 Å². The molecule has 2 nitrogen and oxygen atoms in total. The van der Waals surface area contributed by atoms with E-state index < -0.39 is 0 Å². The summed E-state index contributed by atoms with van der Waals surface area (Å²) in [7, 11) is 0. The molecule has 0 spiro atoms. The Balaban J connectivity index is 2.46. The Morgan fingerprint density at radius 2 is 2.18 bits per heavy atom. The highest BCUT2D eigenvalue weighted by Gasteiger charge is 2.10. The molecule has 0 aliphatic heterocycles. The van der Waals surface area contributed by atoms with Crippen molar-refractivity contribution in [3.05, 3.63) is 35.4 Å². The quantitative estimate of drug-likeness (QED) is 0.579. The summed E-state index contributed by atoms with van der Waals surface area (Å²) in [6, 6.07) is 9.00. The second-order valence-corrected chi connectivity index (χ2v) is 6.08. The zero-order valence-electron chi connectivity index (χ0n) is 11.1. The number of nitrogens with one attached hydrogen (secondary N) is 1. The number of benzene rings is 1. The average molecular weight is 252 g/mol. The first kappa shape index (κ1) is 14.6. The van der Waals surface area contributed by atoms with Gasteiger partial charge < -0.3 is 0 Å². The van der Waals surface area contributed by atoms with Crippen LogP contribution in [0, 0.1) is 6.92 Å².